The van der Waals surface area contributed by atoms with E-state index in [0.717, 1.165) is 0 Å². The maximum atomic E-state index is 11.6. The van der Waals surface area contributed by atoms with E-state index >= 15 is 0 Å². The van der Waals surface area contributed by atoms with Gasteiger partial charge in [0.05, 0.1) is 19.0 Å². The number of nitrogens with one attached hydrogen (secondary N) is 1. The van der Waals surface area contributed by atoms with Crippen LogP contribution in [0.5, 0.6) is 0 Å². The van der Waals surface area contributed by atoms with E-state index < -0.39 is 24.0 Å². The highest BCUT2D eigenvalue weighted by Gasteiger charge is 2.35. The molecule has 9 heteroatoms. The van der Waals surface area contributed by atoms with Gasteiger partial charge >= 0.3 is 0 Å². The molecule has 19 heavy (non-hydrogen) atoms. The van der Waals surface area contributed by atoms with E-state index in [4.69, 9.17) is 15.6 Å². The first-order chi connectivity index (χ1) is 9.10. The number of hydrogen-bond acceptors (Lipinski definition) is 7. The average Bonchev–Trinajstić information content (AvgIpc) is 2.92. The van der Waals surface area contributed by atoms with Gasteiger partial charge in [-0.25, -0.2) is 4.98 Å². The molecule has 1 saturated heterocycles. The molecule has 2 aromatic rings. The van der Waals surface area contributed by atoms with Crippen LogP contribution < -0.4 is 11.3 Å². The monoisotopic (exact) mass is 267 g/mol. The maximum Gasteiger partial charge on any atom is 0.280 e. The van der Waals surface area contributed by atoms with Crippen molar-refractivity contribution in [3.63, 3.8) is 0 Å². The van der Waals surface area contributed by atoms with Gasteiger partial charge in [-0.2, -0.15) is 4.98 Å². The number of anilines is 1. The van der Waals surface area contributed by atoms with Gasteiger partial charge < -0.3 is 20.7 Å². The summed E-state index contributed by atoms with van der Waals surface area (Å²) in [4.78, 5) is 21.9. The fourth-order valence-corrected chi connectivity index (χ4v) is 2.23. The number of rotatable bonds is 2. The number of nitrogens with zero attached hydrogens (tertiary/aromatic N) is 3. The molecule has 0 bridgehead atoms. The van der Waals surface area contributed by atoms with Gasteiger partial charge in [-0.05, 0) is 0 Å². The number of aliphatic hydroxyl groups excluding tert-OH is 2. The maximum absolute atomic E-state index is 11.6. The first kappa shape index (κ1) is 12.1. The van der Waals surface area contributed by atoms with Crippen LogP contribution in [0, 0.1) is 0 Å². The molecule has 3 rings (SSSR count). The van der Waals surface area contributed by atoms with E-state index in [1.165, 1.54) is 10.9 Å². The van der Waals surface area contributed by atoms with Crippen molar-refractivity contribution in [3.05, 3.63) is 16.7 Å². The van der Waals surface area contributed by atoms with Gasteiger partial charge in [0.25, 0.3) is 5.56 Å². The first-order valence-electron chi connectivity index (χ1n) is 5.77. The fourth-order valence-electron chi connectivity index (χ4n) is 2.23. The lowest BCUT2D eigenvalue weighted by atomic mass is 10.2. The van der Waals surface area contributed by atoms with Gasteiger partial charge in [0.2, 0.25) is 5.95 Å². The van der Waals surface area contributed by atoms with Crippen LogP contribution in [0.15, 0.2) is 11.1 Å². The Kier molecular flexibility index (Phi) is 2.73. The molecule has 3 atom stereocenters. The molecule has 9 nitrogen and oxygen atoms in total. The van der Waals surface area contributed by atoms with Crippen LogP contribution in [-0.4, -0.2) is 48.5 Å². The average molecular weight is 267 g/mol. The highest BCUT2D eigenvalue weighted by molar-refractivity contribution is 5.70. The molecule has 0 amide bonds. The molecule has 0 aliphatic carbocycles. The molecule has 0 spiro atoms. The predicted octanol–water partition coefficient (Wildman–Crippen LogP) is -1.66. The number of aliphatic hydroxyl groups is 2. The summed E-state index contributed by atoms with van der Waals surface area (Å²) in [6.07, 6.45) is -0.330. The highest BCUT2D eigenvalue weighted by atomic mass is 16.5. The molecular formula is C10H13N5O4. The molecule has 1 fully saturated rings. The van der Waals surface area contributed by atoms with Crippen molar-refractivity contribution >= 4 is 17.1 Å². The zero-order chi connectivity index (χ0) is 13.6. The third-order valence-electron chi connectivity index (χ3n) is 3.09. The summed E-state index contributed by atoms with van der Waals surface area (Å²) in [6, 6.07) is 0. The van der Waals surface area contributed by atoms with Crippen molar-refractivity contribution in [3.8, 4) is 0 Å². The molecule has 0 saturated carbocycles. The molecular weight excluding hydrogens is 254 g/mol. The van der Waals surface area contributed by atoms with E-state index in [9.17, 15) is 9.90 Å². The van der Waals surface area contributed by atoms with E-state index in [-0.39, 0.29) is 23.7 Å². The highest BCUT2D eigenvalue weighted by Crippen LogP contribution is 2.30. The Morgan fingerprint density at radius 1 is 1.63 bits per heavy atom. The van der Waals surface area contributed by atoms with Crippen LogP contribution >= 0.6 is 0 Å². The Balaban J connectivity index is 2.09. The van der Waals surface area contributed by atoms with Gasteiger partial charge in [0, 0.05) is 6.42 Å². The smallest absolute Gasteiger partial charge is 0.280 e. The number of imidazole rings is 1. The molecule has 102 valence electrons. The zero-order valence-electron chi connectivity index (χ0n) is 9.85. The van der Waals surface area contributed by atoms with Crippen LogP contribution in [0.4, 0.5) is 5.95 Å². The minimum absolute atomic E-state index is 0.0366. The Bertz CT molecular complexity index is 665. The van der Waals surface area contributed by atoms with Gasteiger partial charge in [-0.15, -0.1) is 0 Å². The molecule has 5 N–H and O–H groups in total. The van der Waals surface area contributed by atoms with E-state index in [1.807, 2.05) is 0 Å². The minimum Gasteiger partial charge on any atom is -0.394 e. The molecule has 1 aliphatic rings. The van der Waals surface area contributed by atoms with E-state index in [2.05, 4.69) is 15.0 Å². The molecule has 0 aromatic carbocycles. The Labute approximate surface area is 106 Å². The molecule has 1 aliphatic heterocycles. The Hall–Kier alpha value is -1.97. The van der Waals surface area contributed by atoms with Crippen LogP contribution in [0.25, 0.3) is 11.2 Å². The van der Waals surface area contributed by atoms with Gasteiger partial charge in [-0.1, -0.05) is 0 Å². The lowest BCUT2D eigenvalue weighted by molar-refractivity contribution is -0.0486. The topological polar surface area (TPSA) is 139 Å². The lowest BCUT2D eigenvalue weighted by Gasteiger charge is -2.16. The zero-order valence-corrected chi connectivity index (χ0v) is 9.85. The van der Waals surface area contributed by atoms with Crippen molar-refractivity contribution in [1.29, 1.82) is 0 Å². The molecule has 0 unspecified atom stereocenters. The molecule has 3 heterocycles. The molecule has 2 aromatic heterocycles. The lowest BCUT2D eigenvalue weighted by Crippen LogP contribution is -2.20. The molecule has 0 radical (unpaired) electrons. The first-order valence-corrected chi connectivity index (χ1v) is 5.77. The number of H-pyrrole nitrogens is 1. The van der Waals surface area contributed by atoms with Crippen LogP contribution in [0.1, 0.15) is 12.6 Å². The summed E-state index contributed by atoms with van der Waals surface area (Å²) in [5, 5.41) is 19.0. The number of ether oxygens (including phenoxy) is 1. The summed E-state index contributed by atoms with van der Waals surface area (Å²) >= 11 is 0. The number of aromatic nitrogens is 4. The van der Waals surface area contributed by atoms with Crippen molar-refractivity contribution in [2.75, 3.05) is 12.3 Å². The predicted molar refractivity (Wildman–Crippen MR) is 64.2 cm³/mol. The van der Waals surface area contributed by atoms with Gasteiger partial charge in [0.15, 0.2) is 17.4 Å². The quantitative estimate of drug-likeness (QED) is 0.510. The van der Waals surface area contributed by atoms with Gasteiger partial charge in [0.1, 0.15) is 6.10 Å². The standard InChI is InChI=1S/C10H13N5O4/c11-10-13-7-6(8(18)14-10)12-3-15(7)9-5(17)1-4(2-16)19-9/h3-5,9,16-17H,1-2H2,(H3,11,13,14,18)/t4-,5-,9+/m0/s1. The second-order valence-electron chi connectivity index (χ2n) is 4.41. The van der Waals surface area contributed by atoms with Crippen LogP contribution in [0.2, 0.25) is 0 Å². The largest absolute Gasteiger partial charge is 0.394 e. The second-order valence-corrected chi connectivity index (χ2v) is 4.41. The summed E-state index contributed by atoms with van der Waals surface area (Å²) in [7, 11) is 0. The van der Waals surface area contributed by atoms with Crippen LogP contribution in [0.3, 0.4) is 0 Å². The number of nitrogen functional groups attached to an aromatic ring is 1. The number of hydrogen-bond donors (Lipinski definition) is 4. The minimum atomic E-state index is -0.808. The fraction of sp³-hybridized carbons (Fsp3) is 0.500. The number of nitrogens with two attached hydrogens (primary N) is 1. The normalized spacial score (nSPS) is 27.2. The Morgan fingerprint density at radius 2 is 2.42 bits per heavy atom. The third kappa shape index (κ3) is 1.87. The van der Waals surface area contributed by atoms with Crippen molar-refractivity contribution < 1.29 is 14.9 Å². The number of fused-ring (bicyclic) bond motifs is 1. The van der Waals surface area contributed by atoms with Crippen LogP contribution in [-0.2, 0) is 4.74 Å². The summed E-state index contributed by atoms with van der Waals surface area (Å²) in [6.45, 7) is -0.184. The van der Waals surface area contributed by atoms with E-state index in [0.29, 0.717) is 6.42 Å². The number of aromatic amines is 1. The van der Waals surface area contributed by atoms with Crippen molar-refractivity contribution in [2.24, 2.45) is 0 Å². The van der Waals surface area contributed by atoms with Gasteiger partial charge in [-0.3, -0.25) is 14.3 Å². The van der Waals surface area contributed by atoms with E-state index in [1.54, 1.807) is 0 Å². The summed E-state index contributed by atoms with van der Waals surface area (Å²) in [5.41, 5.74) is 5.40. The summed E-state index contributed by atoms with van der Waals surface area (Å²) < 4.78 is 6.93. The van der Waals surface area contributed by atoms with Crippen molar-refractivity contribution in [1.82, 2.24) is 19.5 Å². The second kappa shape index (κ2) is 4.30. The third-order valence-corrected chi connectivity index (χ3v) is 3.09. The Morgan fingerprint density at radius 3 is 3.11 bits per heavy atom. The van der Waals surface area contributed by atoms with Crippen molar-refractivity contribution in [2.45, 2.75) is 24.9 Å². The SMILES string of the molecule is Nc1nc2c(ncn2[C@@H]2O[C@H](CO)C[C@@H]2O)c(=O)[nH]1. The summed E-state index contributed by atoms with van der Waals surface area (Å²) in [5.74, 6) is -0.0366.